The number of hydrogen-bond acceptors (Lipinski definition) is 4. The van der Waals surface area contributed by atoms with Crippen LogP contribution in [0.5, 0.6) is 0 Å². The Kier molecular flexibility index (Phi) is 2.52. The molecule has 2 aromatic rings. The Hall–Kier alpha value is -2.04. The first-order valence-corrected chi connectivity index (χ1v) is 4.88. The fourth-order valence-corrected chi connectivity index (χ4v) is 1.47. The number of nitrogens with one attached hydrogen (secondary N) is 1. The summed E-state index contributed by atoms with van der Waals surface area (Å²) in [6.07, 6.45) is 0. The standard InChI is InChI=1S/C11H12N2O3/c1-6-4-9(8(3)15-6)11(14)12-10-5-7(2)16-13-10/h4-5H,1-3H3,(H,12,13,14). The fraction of sp³-hybridized carbons (Fsp3) is 0.273. The van der Waals surface area contributed by atoms with Crippen molar-refractivity contribution >= 4 is 11.7 Å². The summed E-state index contributed by atoms with van der Waals surface area (Å²) < 4.78 is 10.1. The highest BCUT2D eigenvalue weighted by molar-refractivity contribution is 6.04. The van der Waals surface area contributed by atoms with Crippen LogP contribution in [-0.4, -0.2) is 11.1 Å². The van der Waals surface area contributed by atoms with E-state index in [0.29, 0.717) is 28.7 Å². The molecule has 1 N–H and O–H groups in total. The molecule has 5 heteroatoms. The molecule has 16 heavy (non-hydrogen) atoms. The summed E-state index contributed by atoms with van der Waals surface area (Å²) in [4.78, 5) is 11.8. The van der Waals surface area contributed by atoms with Crippen molar-refractivity contribution in [2.45, 2.75) is 20.8 Å². The molecular weight excluding hydrogens is 208 g/mol. The van der Waals surface area contributed by atoms with Gasteiger partial charge >= 0.3 is 0 Å². The second kappa shape index (κ2) is 3.84. The number of aromatic nitrogens is 1. The maximum atomic E-state index is 11.8. The summed E-state index contributed by atoms with van der Waals surface area (Å²) >= 11 is 0. The lowest BCUT2D eigenvalue weighted by molar-refractivity contribution is 0.102. The van der Waals surface area contributed by atoms with Gasteiger partial charge in [0, 0.05) is 6.07 Å². The van der Waals surface area contributed by atoms with Crippen molar-refractivity contribution in [2.75, 3.05) is 5.32 Å². The highest BCUT2D eigenvalue weighted by atomic mass is 16.5. The topological polar surface area (TPSA) is 68.3 Å². The van der Waals surface area contributed by atoms with Crippen LogP contribution in [0, 0.1) is 20.8 Å². The highest BCUT2D eigenvalue weighted by Crippen LogP contribution is 2.16. The molecule has 0 radical (unpaired) electrons. The Labute approximate surface area is 92.4 Å². The number of anilines is 1. The molecule has 0 aliphatic heterocycles. The number of nitrogens with zero attached hydrogens (tertiary/aromatic N) is 1. The van der Waals surface area contributed by atoms with Gasteiger partial charge in [0.05, 0.1) is 5.56 Å². The van der Waals surface area contributed by atoms with E-state index in [1.807, 2.05) is 0 Å². The predicted octanol–water partition coefficient (Wildman–Crippen LogP) is 2.45. The van der Waals surface area contributed by atoms with Crippen molar-refractivity contribution in [2.24, 2.45) is 0 Å². The zero-order valence-corrected chi connectivity index (χ0v) is 9.33. The van der Waals surface area contributed by atoms with E-state index in [2.05, 4.69) is 10.5 Å². The van der Waals surface area contributed by atoms with Gasteiger partial charge in [0.25, 0.3) is 5.91 Å². The van der Waals surface area contributed by atoms with E-state index in [1.165, 1.54) is 0 Å². The minimum atomic E-state index is -0.248. The lowest BCUT2D eigenvalue weighted by atomic mass is 10.2. The molecule has 0 unspecified atom stereocenters. The Morgan fingerprint density at radius 2 is 2.00 bits per heavy atom. The number of rotatable bonds is 2. The quantitative estimate of drug-likeness (QED) is 0.843. The van der Waals surface area contributed by atoms with Crippen LogP contribution in [-0.2, 0) is 0 Å². The van der Waals surface area contributed by atoms with E-state index in [1.54, 1.807) is 32.9 Å². The molecule has 0 saturated carbocycles. The molecule has 0 atom stereocenters. The van der Waals surface area contributed by atoms with Crippen LogP contribution in [0.2, 0.25) is 0 Å². The molecule has 5 nitrogen and oxygen atoms in total. The molecule has 0 bridgehead atoms. The van der Waals surface area contributed by atoms with Crippen molar-refractivity contribution in [3.63, 3.8) is 0 Å². The average Bonchev–Trinajstić information content (AvgIpc) is 2.73. The summed E-state index contributed by atoms with van der Waals surface area (Å²) in [6, 6.07) is 3.35. The van der Waals surface area contributed by atoms with Gasteiger partial charge in [0.2, 0.25) is 0 Å². The van der Waals surface area contributed by atoms with Crippen LogP contribution in [0.25, 0.3) is 0 Å². The number of carbonyl (C=O) groups excluding carboxylic acids is 1. The summed E-state index contributed by atoms with van der Waals surface area (Å²) in [5, 5.41) is 6.31. The molecule has 84 valence electrons. The van der Waals surface area contributed by atoms with E-state index in [-0.39, 0.29) is 5.91 Å². The molecule has 0 aromatic carbocycles. The van der Waals surface area contributed by atoms with Gasteiger partial charge in [-0.3, -0.25) is 4.79 Å². The van der Waals surface area contributed by atoms with E-state index < -0.39 is 0 Å². The molecule has 2 aromatic heterocycles. The van der Waals surface area contributed by atoms with Gasteiger partial charge in [-0.25, -0.2) is 0 Å². The van der Waals surface area contributed by atoms with Gasteiger partial charge in [-0.15, -0.1) is 0 Å². The first kappa shape index (κ1) is 10.5. The minimum absolute atomic E-state index is 0.248. The van der Waals surface area contributed by atoms with Gasteiger partial charge in [0.1, 0.15) is 17.3 Å². The van der Waals surface area contributed by atoms with Crippen molar-refractivity contribution < 1.29 is 13.7 Å². The Morgan fingerprint density at radius 3 is 2.50 bits per heavy atom. The Balaban J connectivity index is 2.17. The highest BCUT2D eigenvalue weighted by Gasteiger charge is 2.14. The number of furan rings is 1. The number of amides is 1. The SMILES string of the molecule is Cc1cc(NC(=O)c2cc(C)oc2C)no1. The number of carbonyl (C=O) groups is 1. The molecule has 2 heterocycles. The van der Waals surface area contributed by atoms with Crippen LogP contribution in [0.4, 0.5) is 5.82 Å². The van der Waals surface area contributed by atoms with E-state index in [0.717, 1.165) is 0 Å². The molecule has 0 fully saturated rings. The van der Waals surface area contributed by atoms with Crippen LogP contribution in [0.15, 0.2) is 21.1 Å². The zero-order chi connectivity index (χ0) is 11.7. The third kappa shape index (κ3) is 1.98. The molecule has 0 saturated heterocycles. The van der Waals surface area contributed by atoms with Crippen LogP contribution in [0.3, 0.4) is 0 Å². The Morgan fingerprint density at radius 1 is 1.25 bits per heavy atom. The number of hydrogen-bond donors (Lipinski definition) is 1. The normalized spacial score (nSPS) is 10.4. The molecule has 0 aliphatic carbocycles. The lowest BCUT2D eigenvalue weighted by Crippen LogP contribution is -2.12. The van der Waals surface area contributed by atoms with Crippen molar-refractivity contribution in [3.05, 3.63) is 35.0 Å². The maximum absolute atomic E-state index is 11.8. The second-order valence-corrected chi connectivity index (χ2v) is 3.60. The molecule has 2 rings (SSSR count). The lowest BCUT2D eigenvalue weighted by Gasteiger charge is -1.98. The van der Waals surface area contributed by atoms with Crippen LogP contribution < -0.4 is 5.32 Å². The Bertz CT molecular complexity index is 525. The van der Waals surface area contributed by atoms with E-state index in [9.17, 15) is 4.79 Å². The van der Waals surface area contributed by atoms with Crippen LogP contribution in [0.1, 0.15) is 27.6 Å². The second-order valence-electron chi connectivity index (χ2n) is 3.60. The predicted molar refractivity (Wildman–Crippen MR) is 57.4 cm³/mol. The maximum Gasteiger partial charge on any atom is 0.260 e. The van der Waals surface area contributed by atoms with E-state index >= 15 is 0 Å². The third-order valence-corrected chi connectivity index (χ3v) is 2.16. The first-order valence-electron chi connectivity index (χ1n) is 4.88. The summed E-state index contributed by atoms with van der Waals surface area (Å²) in [5.74, 6) is 2.10. The average molecular weight is 220 g/mol. The van der Waals surface area contributed by atoms with Crippen molar-refractivity contribution in [1.29, 1.82) is 0 Å². The van der Waals surface area contributed by atoms with Gasteiger partial charge in [-0.2, -0.15) is 0 Å². The van der Waals surface area contributed by atoms with E-state index in [4.69, 9.17) is 8.94 Å². The van der Waals surface area contributed by atoms with Crippen LogP contribution >= 0.6 is 0 Å². The van der Waals surface area contributed by atoms with Gasteiger partial charge in [0.15, 0.2) is 5.82 Å². The molecular formula is C11H12N2O3. The monoisotopic (exact) mass is 220 g/mol. The van der Waals surface area contributed by atoms with Gasteiger partial charge < -0.3 is 14.3 Å². The van der Waals surface area contributed by atoms with Gasteiger partial charge in [-0.05, 0) is 26.8 Å². The molecule has 0 spiro atoms. The molecule has 1 amide bonds. The van der Waals surface area contributed by atoms with Gasteiger partial charge in [-0.1, -0.05) is 5.16 Å². The molecule has 0 aliphatic rings. The summed E-state index contributed by atoms with van der Waals surface area (Å²) in [5.41, 5.74) is 0.512. The largest absolute Gasteiger partial charge is 0.466 e. The minimum Gasteiger partial charge on any atom is -0.466 e. The fourth-order valence-electron chi connectivity index (χ4n) is 1.47. The number of aryl methyl sites for hydroxylation is 3. The first-order chi connectivity index (χ1) is 7.56. The third-order valence-electron chi connectivity index (χ3n) is 2.16. The zero-order valence-electron chi connectivity index (χ0n) is 9.33. The summed E-state index contributed by atoms with van der Waals surface area (Å²) in [6.45, 7) is 5.30. The smallest absolute Gasteiger partial charge is 0.260 e. The summed E-state index contributed by atoms with van der Waals surface area (Å²) in [7, 11) is 0. The van der Waals surface area contributed by atoms with Crippen molar-refractivity contribution in [3.8, 4) is 0 Å². The van der Waals surface area contributed by atoms with Crippen molar-refractivity contribution in [1.82, 2.24) is 5.16 Å².